The molecule has 0 bridgehead atoms. The highest BCUT2D eigenvalue weighted by molar-refractivity contribution is 5.21. The summed E-state index contributed by atoms with van der Waals surface area (Å²) in [5, 5.41) is 0. The van der Waals surface area contributed by atoms with Gasteiger partial charge in [0, 0.05) is 0 Å². The molecule has 0 radical (unpaired) electrons. The summed E-state index contributed by atoms with van der Waals surface area (Å²) < 4.78 is 0. The van der Waals surface area contributed by atoms with E-state index in [9.17, 15) is 0 Å². The third kappa shape index (κ3) is 6.57. The maximum Gasteiger partial charge on any atom is -0.0175 e. The summed E-state index contributed by atoms with van der Waals surface area (Å²) >= 11 is 0. The van der Waals surface area contributed by atoms with E-state index in [0.29, 0.717) is 0 Å². The predicted octanol–water partition coefficient (Wildman–Crippen LogP) is 7.10. The zero-order chi connectivity index (χ0) is 16.2. The Balaban J connectivity index is 2.68. The SMILES string of the molecule is CC(=C(CCC(C)C)CC(C)C(C)CC(C)C)C1CC1C. The quantitative estimate of drug-likeness (QED) is 0.397. The average Bonchev–Trinajstić information content (AvgIpc) is 3.09. The van der Waals surface area contributed by atoms with Crippen LogP contribution in [0.3, 0.4) is 0 Å². The fourth-order valence-electron chi connectivity index (χ4n) is 3.68. The van der Waals surface area contributed by atoms with Crippen LogP contribution < -0.4 is 0 Å². The highest BCUT2D eigenvalue weighted by Crippen LogP contribution is 2.46. The molecule has 0 spiro atoms. The Morgan fingerprint density at radius 3 is 1.95 bits per heavy atom. The fraction of sp³-hybridized carbons (Fsp3) is 0.905. The van der Waals surface area contributed by atoms with Gasteiger partial charge < -0.3 is 0 Å². The van der Waals surface area contributed by atoms with E-state index in [0.717, 1.165) is 35.5 Å². The second kappa shape index (κ2) is 8.39. The van der Waals surface area contributed by atoms with E-state index in [1.54, 1.807) is 11.1 Å². The second-order valence-corrected chi connectivity index (χ2v) is 8.83. The van der Waals surface area contributed by atoms with Crippen LogP contribution in [-0.4, -0.2) is 0 Å². The van der Waals surface area contributed by atoms with Crippen LogP contribution in [0.1, 0.15) is 87.5 Å². The molecule has 0 amide bonds. The van der Waals surface area contributed by atoms with Crippen LogP contribution in [0.15, 0.2) is 11.1 Å². The Labute approximate surface area is 134 Å². The first-order valence-corrected chi connectivity index (χ1v) is 9.40. The summed E-state index contributed by atoms with van der Waals surface area (Å²) in [6, 6.07) is 0. The third-order valence-electron chi connectivity index (χ3n) is 5.63. The number of rotatable bonds is 9. The van der Waals surface area contributed by atoms with Crippen molar-refractivity contribution in [3.63, 3.8) is 0 Å². The van der Waals surface area contributed by atoms with E-state index in [1.165, 1.54) is 32.1 Å². The van der Waals surface area contributed by atoms with Crippen molar-refractivity contribution >= 4 is 0 Å². The van der Waals surface area contributed by atoms with Gasteiger partial charge in [0.15, 0.2) is 0 Å². The molecule has 1 fully saturated rings. The van der Waals surface area contributed by atoms with Crippen LogP contribution in [0.5, 0.6) is 0 Å². The van der Waals surface area contributed by atoms with E-state index in [2.05, 4.69) is 55.4 Å². The summed E-state index contributed by atoms with van der Waals surface area (Å²) in [7, 11) is 0. The van der Waals surface area contributed by atoms with Crippen LogP contribution in [0.4, 0.5) is 0 Å². The van der Waals surface area contributed by atoms with Crippen molar-refractivity contribution in [1.82, 2.24) is 0 Å². The summed E-state index contributed by atoms with van der Waals surface area (Å²) in [4.78, 5) is 0. The molecule has 21 heavy (non-hydrogen) atoms. The van der Waals surface area contributed by atoms with Gasteiger partial charge in [0.25, 0.3) is 0 Å². The van der Waals surface area contributed by atoms with Crippen molar-refractivity contribution in [2.75, 3.05) is 0 Å². The monoisotopic (exact) mass is 292 g/mol. The standard InChI is InChI=1S/C21H40/c1-14(2)9-10-20(19(8)21-13-18(21)7)12-17(6)16(5)11-15(3)4/h14-18,21H,9-13H2,1-8H3. The van der Waals surface area contributed by atoms with Gasteiger partial charge in [-0.25, -0.2) is 0 Å². The van der Waals surface area contributed by atoms with Gasteiger partial charge in [0.1, 0.15) is 0 Å². The first kappa shape index (κ1) is 18.8. The summed E-state index contributed by atoms with van der Waals surface area (Å²) in [6.07, 6.45) is 6.85. The molecule has 124 valence electrons. The molecule has 0 saturated heterocycles. The molecule has 1 rings (SSSR count). The van der Waals surface area contributed by atoms with Crippen molar-refractivity contribution in [2.24, 2.45) is 35.5 Å². The molecule has 0 N–H and O–H groups in total. The first-order valence-electron chi connectivity index (χ1n) is 9.40. The van der Waals surface area contributed by atoms with Gasteiger partial charge in [0.05, 0.1) is 0 Å². The molecule has 0 heterocycles. The number of hydrogen-bond donors (Lipinski definition) is 0. The lowest BCUT2D eigenvalue weighted by Crippen LogP contribution is -2.13. The van der Waals surface area contributed by atoms with E-state index in [1.807, 2.05) is 0 Å². The molecule has 0 aromatic carbocycles. The summed E-state index contributed by atoms with van der Waals surface area (Å²) in [5.41, 5.74) is 3.56. The molecule has 0 aromatic heterocycles. The van der Waals surface area contributed by atoms with Crippen LogP contribution >= 0.6 is 0 Å². The Kier molecular flexibility index (Phi) is 7.51. The van der Waals surface area contributed by atoms with Crippen molar-refractivity contribution in [2.45, 2.75) is 87.5 Å². The van der Waals surface area contributed by atoms with E-state index in [-0.39, 0.29) is 0 Å². The topological polar surface area (TPSA) is 0 Å². The highest BCUT2D eigenvalue weighted by Gasteiger charge is 2.35. The second-order valence-electron chi connectivity index (χ2n) is 8.83. The maximum absolute atomic E-state index is 2.48. The van der Waals surface area contributed by atoms with Crippen LogP contribution in [0.25, 0.3) is 0 Å². The Hall–Kier alpha value is -0.260. The highest BCUT2D eigenvalue weighted by atomic mass is 14.4. The Morgan fingerprint density at radius 1 is 0.952 bits per heavy atom. The number of allylic oxidation sites excluding steroid dienone is 2. The fourth-order valence-corrected chi connectivity index (χ4v) is 3.68. The zero-order valence-corrected chi connectivity index (χ0v) is 16.0. The van der Waals surface area contributed by atoms with Crippen molar-refractivity contribution in [3.8, 4) is 0 Å². The lowest BCUT2D eigenvalue weighted by atomic mass is 9.81. The normalized spacial score (nSPS) is 26.0. The first-order chi connectivity index (χ1) is 9.72. The van der Waals surface area contributed by atoms with E-state index < -0.39 is 0 Å². The minimum atomic E-state index is 0.827. The third-order valence-corrected chi connectivity index (χ3v) is 5.63. The summed E-state index contributed by atoms with van der Waals surface area (Å²) in [6.45, 7) is 19.2. The molecule has 4 unspecified atom stereocenters. The zero-order valence-electron chi connectivity index (χ0n) is 16.0. The average molecular weight is 293 g/mol. The van der Waals surface area contributed by atoms with E-state index in [4.69, 9.17) is 0 Å². The molecule has 0 aliphatic heterocycles. The minimum Gasteiger partial charge on any atom is -0.0707 e. The lowest BCUT2D eigenvalue weighted by Gasteiger charge is -2.25. The molecule has 0 nitrogen and oxygen atoms in total. The predicted molar refractivity (Wildman–Crippen MR) is 96.4 cm³/mol. The van der Waals surface area contributed by atoms with E-state index >= 15 is 0 Å². The van der Waals surface area contributed by atoms with Gasteiger partial charge in [-0.1, -0.05) is 59.6 Å². The largest absolute Gasteiger partial charge is 0.0707 e. The van der Waals surface area contributed by atoms with Gasteiger partial charge in [-0.15, -0.1) is 0 Å². The van der Waals surface area contributed by atoms with Crippen molar-refractivity contribution in [3.05, 3.63) is 11.1 Å². The molecular weight excluding hydrogens is 252 g/mol. The Bertz CT molecular complexity index is 334. The minimum absolute atomic E-state index is 0.827. The molecule has 1 aliphatic rings. The van der Waals surface area contributed by atoms with Crippen LogP contribution in [0, 0.1) is 35.5 Å². The van der Waals surface area contributed by atoms with Crippen molar-refractivity contribution < 1.29 is 0 Å². The molecule has 0 aromatic rings. The number of hydrogen-bond acceptors (Lipinski definition) is 0. The maximum atomic E-state index is 2.48. The smallest absolute Gasteiger partial charge is 0.0175 e. The Morgan fingerprint density at radius 2 is 1.52 bits per heavy atom. The molecule has 1 aliphatic carbocycles. The molecule has 4 atom stereocenters. The van der Waals surface area contributed by atoms with Gasteiger partial charge in [-0.2, -0.15) is 0 Å². The van der Waals surface area contributed by atoms with Gasteiger partial charge in [-0.3, -0.25) is 0 Å². The summed E-state index contributed by atoms with van der Waals surface area (Å²) in [5.74, 6) is 5.20. The molecule has 1 saturated carbocycles. The van der Waals surface area contributed by atoms with Gasteiger partial charge in [-0.05, 0) is 74.5 Å². The lowest BCUT2D eigenvalue weighted by molar-refractivity contribution is 0.318. The van der Waals surface area contributed by atoms with Crippen molar-refractivity contribution in [1.29, 1.82) is 0 Å². The van der Waals surface area contributed by atoms with Gasteiger partial charge in [0.2, 0.25) is 0 Å². The molecule has 0 heteroatoms. The van der Waals surface area contributed by atoms with Gasteiger partial charge >= 0.3 is 0 Å². The van der Waals surface area contributed by atoms with Crippen LogP contribution in [0.2, 0.25) is 0 Å². The molecular formula is C21H40. The van der Waals surface area contributed by atoms with Crippen LogP contribution in [-0.2, 0) is 0 Å².